The number of carbonyl (C=O) groups excluding carboxylic acids is 1. The number of fused-ring (bicyclic) bond motifs is 1. The molecule has 1 unspecified atom stereocenters. The summed E-state index contributed by atoms with van der Waals surface area (Å²) in [4.78, 5) is 26.6. The average Bonchev–Trinajstić information content (AvgIpc) is 3.29. The van der Waals surface area contributed by atoms with Gasteiger partial charge in [0.05, 0.1) is 6.04 Å². The summed E-state index contributed by atoms with van der Waals surface area (Å²) in [5.74, 6) is 1.07. The van der Waals surface area contributed by atoms with Crippen molar-refractivity contribution < 1.29 is 9.53 Å². The van der Waals surface area contributed by atoms with E-state index in [9.17, 15) is 4.79 Å². The largest absolute Gasteiger partial charge is 0.459 e. The molecule has 0 aliphatic carbocycles. The first-order chi connectivity index (χ1) is 11.8. The van der Waals surface area contributed by atoms with E-state index in [0.717, 1.165) is 25.2 Å². The number of aromatic nitrogens is 5. The molecule has 0 saturated carbocycles. The Bertz CT molecular complexity index is 850. The van der Waals surface area contributed by atoms with Crippen LogP contribution in [0, 0.1) is 0 Å². The molecule has 0 spiro atoms. The molecule has 8 heteroatoms. The SMILES string of the molecule is O=C(OCC1CCCN1c1ccnc2ncnn12)c1ccccn1. The molecule has 1 aliphatic heterocycles. The van der Waals surface area contributed by atoms with Crippen LogP contribution < -0.4 is 4.90 Å². The van der Waals surface area contributed by atoms with Crippen LogP contribution in [0.5, 0.6) is 0 Å². The van der Waals surface area contributed by atoms with Crippen LogP contribution in [0.1, 0.15) is 23.3 Å². The van der Waals surface area contributed by atoms with E-state index in [1.807, 2.05) is 6.07 Å². The number of hydrogen-bond donors (Lipinski definition) is 0. The molecule has 1 saturated heterocycles. The van der Waals surface area contributed by atoms with Gasteiger partial charge in [0.2, 0.25) is 0 Å². The van der Waals surface area contributed by atoms with Crippen molar-refractivity contribution in [1.82, 2.24) is 24.6 Å². The quantitative estimate of drug-likeness (QED) is 0.669. The van der Waals surface area contributed by atoms with Crippen LogP contribution in [0.2, 0.25) is 0 Å². The third kappa shape index (κ3) is 2.66. The Morgan fingerprint density at radius 3 is 3.04 bits per heavy atom. The Morgan fingerprint density at radius 1 is 1.21 bits per heavy atom. The van der Waals surface area contributed by atoms with E-state index in [0.29, 0.717) is 18.1 Å². The van der Waals surface area contributed by atoms with Gasteiger partial charge in [-0.1, -0.05) is 6.07 Å². The predicted molar refractivity (Wildman–Crippen MR) is 85.7 cm³/mol. The number of nitrogens with zero attached hydrogens (tertiary/aromatic N) is 6. The zero-order chi connectivity index (χ0) is 16.4. The summed E-state index contributed by atoms with van der Waals surface area (Å²) in [5, 5.41) is 4.22. The molecule has 24 heavy (non-hydrogen) atoms. The molecule has 4 heterocycles. The third-order valence-electron chi connectivity index (χ3n) is 4.11. The first-order valence-corrected chi connectivity index (χ1v) is 7.82. The zero-order valence-corrected chi connectivity index (χ0v) is 12.9. The normalized spacial score (nSPS) is 17.3. The van der Waals surface area contributed by atoms with Gasteiger partial charge in [0.25, 0.3) is 5.78 Å². The summed E-state index contributed by atoms with van der Waals surface area (Å²) in [7, 11) is 0. The van der Waals surface area contributed by atoms with Crippen LogP contribution in [0.15, 0.2) is 43.0 Å². The van der Waals surface area contributed by atoms with Gasteiger partial charge in [0.1, 0.15) is 24.4 Å². The lowest BCUT2D eigenvalue weighted by Crippen LogP contribution is -2.35. The Morgan fingerprint density at radius 2 is 2.17 bits per heavy atom. The molecule has 1 aliphatic rings. The first-order valence-electron chi connectivity index (χ1n) is 7.82. The average molecular weight is 324 g/mol. The van der Waals surface area contributed by atoms with Gasteiger partial charge in [-0.25, -0.2) is 14.8 Å². The van der Waals surface area contributed by atoms with Crippen LogP contribution in [-0.4, -0.2) is 49.7 Å². The van der Waals surface area contributed by atoms with Crippen molar-refractivity contribution in [1.29, 1.82) is 0 Å². The second-order valence-corrected chi connectivity index (χ2v) is 5.58. The van der Waals surface area contributed by atoms with Crippen LogP contribution in [-0.2, 0) is 4.74 Å². The van der Waals surface area contributed by atoms with Crippen LogP contribution in [0.3, 0.4) is 0 Å². The highest BCUT2D eigenvalue weighted by Gasteiger charge is 2.28. The van der Waals surface area contributed by atoms with E-state index in [2.05, 4.69) is 25.0 Å². The molecule has 3 aromatic rings. The number of pyridine rings is 1. The molecule has 0 N–H and O–H groups in total. The predicted octanol–water partition coefficient (Wildman–Crippen LogP) is 1.35. The highest BCUT2D eigenvalue weighted by molar-refractivity contribution is 5.87. The van der Waals surface area contributed by atoms with E-state index in [1.165, 1.54) is 6.33 Å². The van der Waals surface area contributed by atoms with Crippen molar-refractivity contribution in [2.45, 2.75) is 18.9 Å². The van der Waals surface area contributed by atoms with Crippen molar-refractivity contribution in [2.75, 3.05) is 18.1 Å². The van der Waals surface area contributed by atoms with Crippen molar-refractivity contribution >= 4 is 17.6 Å². The fourth-order valence-corrected chi connectivity index (χ4v) is 2.98. The summed E-state index contributed by atoms with van der Waals surface area (Å²) in [6.45, 7) is 1.19. The summed E-state index contributed by atoms with van der Waals surface area (Å²) >= 11 is 0. The Kier molecular flexibility index (Phi) is 3.78. The highest BCUT2D eigenvalue weighted by atomic mass is 16.5. The summed E-state index contributed by atoms with van der Waals surface area (Å²) in [6, 6.07) is 7.19. The molecular weight excluding hydrogens is 308 g/mol. The number of esters is 1. The van der Waals surface area contributed by atoms with Gasteiger partial charge < -0.3 is 9.64 Å². The highest BCUT2D eigenvalue weighted by Crippen LogP contribution is 2.25. The van der Waals surface area contributed by atoms with Gasteiger partial charge >= 0.3 is 5.97 Å². The van der Waals surface area contributed by atoms with Gasteiger partial charge in [-0.05, 0) is 31.0 Å². The molecule has 4 rings (SSSR count). The van der Waals surface area contributed by atoms with Crippen LogP contribution in [0.25, 0.3) is 5.78 Å². The molecule has 0 radical (unpaired) electrons. The molecule has 3 aromatic heterocycles. The van der Waals surface area contributed by atoms with Gasteiger partial charge in [0.15, 0.2) is 0 Å². The minimum absolute atomic E-state index is 0.104. The Hall–Kier alpha value is -3.03. The first kappa shape index (κ1) is 14.6. The lowest BCUT2D eigenvalue weighted by atomic mass is 10.2. The number of anilines is 1. The van der Waals surface area contributed by atoms with E-state index in [4.69, 9.17) is 4.74 Å². The smallest absolute Gasteiger partial charge is 0.356 e. The number of ether oxygens (including phenoxy) is 1. The van der Waals surface area contributed by atoms with Gasteiger partial charge in [-0.2, -0.15) is 14.6 Å². The van der Waals surface area contributed by atoms with Crippen LogP contribution >= 0.6 is 0 Å². The molecule has 0 aromatic carbocycles. The van der Waals surface area contributed by atoms with Gasteiger partial charge in [0, 0.05) is 18.9 Å². The second kappa shape index (κ2) is 6.23. The van der Waals surface area contributed by atoms with E-state index >= 15 is 0 Å². The van der Waals surface area contributed by atoms with Gasteiger partial charge in [-0.3, -0.25) is 0 Å². The Balaban J connectivity index is 1.49. The third-order valence-corrected chi connectivity index (χ3v) is 4.11. The molecule has 8 nitrogen and oxygen atoms in total. The zero-order valence-electron chi connectivity index (χ0n) is 12.9. The molecular formula is C16H16N6O2. The molecule has 0 bridgehead atoms. The lowest BCUT2D eigenvalue weighted by molar-refractivity contribution is 0.0475. The van der Waals surface area contributed by atoms with Crippen molar-refractivity contribution in [3.8, 4) is 0 Å². The lowest BCUT2D eigenvalue weighted by Gasteiger charge is -2.26. The van der Waals surface area contributed by atoms with Crippen molar-refractivity contribution in [3.63, 3.8) is 0 Å². The molecule has 0 amide bonds. The fourth-order valence-electron chi connectivity index (χ4n) is 2.98. The minimum atomic E-state index is -0.400. The standard InChI is InChI=1S/C16H16N6O2/c23-15(13-5-1-2-7-17-13)24-10-12-4-3-9-21(12)14-6-8-18-16-19-11-20-22(14)16/h1-2,5-8,11-12H,3-4,9-10H2. The monoisotopic (exact) mass is 324 g/mol. The maximum Gasteiger partial charge on any atom is 0.356 e. The van der Waals surface area contributed by atoms with Crippen molar-refractivity contribution in [3.05, 3.63) is 48.7 Å². The number of rotatable bonds is 4. The maximum absolute atomic E-state index is 12.1. The molecule has 1 fully saturated rings. The summed E-state index contributed by atoms with van der Waals surface area (Å²) < 4.78 is 7.16. The number of carbonyl (C=O) groups is 1. The molecule has 1 atom stereocenters. The molecule has 122 valence electrons. The fraction of sp³-hybridized carbons (Fsp3) is 0.312. The maximum atomic E-state index is 12.1. The number of hydrogen-bond acceptors (Lipinski definition) is 7. The topological polar surface area (TPSA) is 85.5 Å². The summed E-state index contributed by atoms with van der Waals surface area (Å²) in [5.41, 5.74) is 0.324. The van der Waals surface area contributed by atoms with E-state index in [-0.39, 0.29) is 6.04 Å². The summed E-state index contributed by atoms with van der Waals surface area (Å²) in [6.07, 6.45) is 6.77. The van der Waals surface area contributed by atoms with E-state index in [1.54, 1.807) is 35.1 Å². The van der Waals surface area contributed by atoms with Crippen LogP contribution in [0.4, 0.5) is 5.82 Å². The van der Waals surface area contributed by atoms with E-state index < -0.39 is 5.97 Å². The van der Waals surface area contributed by atoms with Gasteiger partial charge in [-0.15, -0.1) is 0 Å². The second-order valence-electron chi connectivity index (χ2n) is 5.58. The van der Waals surface area contributed by atoms with Crippen molar-refractivity contribution in [2.24, 2.45) is 0 Å². The minimum Gasteiger partial charge on any atom is -0.459 e. The Labute approximate surface area is 138 Å².